The van der Waals surface area contributed by atoms with Crippen molar-refractivity contribution in [1.29, 1.82) is 0 Å². The second-order valence-electron chi connectivity index (χ2n) is 3.63. The third kappa shape index (κ3) is 1.05. The number of aromatic nitrogens is 3. The zero-order chi connectivity index (χ0) is 9.38. The van der Waals surface area contributed by atoms with Crippen LogP contribution in [0.15, 0.2) is 24.5 Å². The third-order valence-corrected chi connectivity index (χ3v) is 2.74. The summed E-state index contributed by atoms with van der Waals surface area (Å²) in [5.74, 6) is 0. The van der Waals surface area contributed by atoms with E-state index in [0.29, 0.717) is 0 Å². The molecule has 0 spiro atoms. The van der Waals surface area contributed by atoms with Crippen LogP contribution in [0.25, 0.3) is 11.3 Å². The van der Waals surface area contributed by atoms with E-state index in [1.807, 2.05) is 18.5 Å². The van der Waals surface area contributed by atoms with Crippen LogP contribution in [-0.2, 0) is 12.8 Å². The highest BCUT2D eigenvalue weighted by atomic mass is 15.1. The molecule has 0 saturated carbocycles. The Labute approximate surface area is 82.2 Å². The molecule has 0 radical (unpaired) electrons. The lowest BCUT2D eigenvalue weighted by atomic mass is 10.1. The van der Waals surface area contributed by atoms with Crippen molar-refractivity contribution in [3.8, 4) is 11.3 Å². The average Bonchev–Trinajstić information content (AvgIpc) is 2.61. The SMILES string of the molecule is c1cnc2c(c1)CCCc1[nH]ncc1-2. The highest BCUT2D eigenvalue weighted by Crippen LogP contribution is 2.28. The fraction of sp³-hybridized carbons (Fsp3) is 0.273. The smallest absolute Gasteiger partial charge is 0.0768 e. The van der Waals surface area contributed by atoms with Gasteiger partial charge in [-0.15, -0.1) is 0 Å². The molecule has 3 rings (SSSR count). The van der Waals surface area contributed by atoms with E-state index < -0.39 is 0 Å². The molecule has 70 valence electrons. The van der Waals surface area contributed by atoms with Gasteiger partial charge in [-0.25, -0.2) is 0 Å². The first kappa shape index (κ1) is 7.74. The lowest BCUT2D eigenvalue weighted by Crippen LogP contribution is -1.89. The van der Waals surface area contributed by atoms with Gasteiger partial charge in [-0.2, -0.15) is 5.10 Å². The van der Waals surface area contributed by atoms with Crippen molar-refractivity contribution in [1.82, 2.24) is 15.2 Å². The molecule has 0 aliphatic heterocycles. The maximum Gasteiger partial charge on any atom is 0.0768 e. The summed E-state index contributed by atoms with van der Waals surface area (Å²) in [4.78, 5) is 4.43. The number of pyridine rings is 1. The minimum absolute atomic E-state index is 1.08. The number of nitrogens with zero attached hydrogens (tertiary/aromatic N) is 2. The van der Waals surface area contributed by atoms with E-state index in [4.69, 9.17) is 0 Å². The summed E-state index contributed by atoms with van der Waals surface area (Å²) in [6.45, 7) is 0. The minimum Gasteiger partial charge on any atom is -0.282 e. The van der Waals surface area contributed by atoms with E-state index in [1.54, 1.807) is 0 Å². The van der Waals surface area contributed by atoms with Crippen LogP contribution in [0.4, 0.5) is 0 Å². The van der Waals surface area contributed by atoms with Gasteiger partial charge < -0.3 is 0 Å². The van der Waals surface area contributed by atoms with E-state index in [1.165, 1.54) is 23.2 Å². The van der Waals surface area contributed by atoms with Crippen LogP contribution >= 0.6 is 0 Å². The Hall–Kier alpha value is -1.64. The summed E-state index contributed by atoms with van der Waals surface area (Å²) in [5, 5.41) is 7.13. The molecule has 2 aromatic heterocycles. The summed E-state index contributed by atoms with van der Waals surface area (Å²) in [7, 11) is 0. The second-order valence-corrected chi connectivity index (χ2v) is 3.63. The molecule has 0 unspecified atom stereocenters. The molecule has 0 atom stereocenters. The standard InChI is InChI=1S/C11H11N3/c1-3-8-4-2-6-12-11(8)9-7-13-14-10(9)5-1/h2,4,6-7H,1,3,5H2,(H,13,14). The molecule has 2 heterocycles. The number of aromatic amines is 1. The molecule has 0 saturated heterocycles. The van der Waals surface area contributed by atoms with Gasteiger partial charge in [0.2, 0.25) is 0 Å². The molecule has 0 fully saturated rings. The number of hydrogen-bond donors (Lipinski definition) is 1. The maximum atomic E-state index is 4.43. The van der Waals surface area contributed by atoms with Crippen molar-refractivity contribution in [3.05, 3.63) is 35.8 Å². The lowest BCUT2D eigenvalue weighted by Gasteiger charge is -2.02. The number of H-pyrrole nitrogens is 1. The summed E-state index contributed by atoms with van der Waals surface area (Å²) in [6, 6.07) is 4.16. The predicted molar refractivity (Wildman–Crippen MR) is 53.8 cm³/mol. The minimum atomic E-state index is 1.08. The predicted octanol–water partition coefficient (Wildman–Crippen LogP) is 1.96. The molecule has 0 aromatic carbocycles. The van der Waals surface area contributed by atoms with Gasteiger partial charge in [-0.05, 0) is 30.9 Å². The molecule has 0 bridgehead atoms. The Morgan fingerprint density at radius 1 is 1.29 bits per heavy atom. The number of rotatable bonds is 0. The Bertz CT molecular complexity index is 459. The number of nitrogens with one attached hydrogen (secondary N) is 1. The Kier molecular flexibility index (Phi) is 1.63. The fourth-order valence-corrected chi connectivity index (χ4v) is 2.05. The molecule has 14 heavy (non-hydrogen) atoms. The van der Waals surface area contributed by atoms with Crippen molar-refractivity contribution < 1.29 is 0 Å². The molecule has 3 nitrogen and oxygen atoms in total. The molecule has 2 aromatic rings. The third-order valence-electron chi connectivity index (χ3n) is 2.74. The molecular formula is C11H11N3. The van der Waals surface area contributed by atoms with E-state index in [9.17, 15) is 0 Å². The Morgan fingerprint density at radius 3 is 3.29 bits per heavy atom. The summed E-state index contributed by atoms with van der Waals surface area (Å²) < 4.78 is 0. The van der Waals surface area contributed by atoms with E-state index >= 15 is 0 Å². The van der Waals surface area contributed by atoms with Crippen LogP contribution < -0.4 is 0 Å². The summed E-state index contributed by atoms with van der Waals surface area (Å²) in [6.07, 6.45) is 7.10. The number of hydrogen-bond acceptors (Lipinski definition) is 2. The normalized spacial score (nSPS) is 14.3. The van der Waals surface area contributed by atoms with Gasteiger partial charge in [0.15, 0.2) is 0 Å². The lowest BCUT2D eigenvalue weighted by molar-refractivity contribution is 0.803. The molecular weight excluding hydrogens is 174 g/mol. The first-order valence-corrected chi connectivity index (χ1v) is 4.91. The van der Waals surface area contributed by atoms with Crippen LogP contribution in [-0.4, -0.2) is 15.2 Å². The quantitative estimate of drug-likeness (QED) is 0.681. The van der Waals surface area contributed by atoms with Gasteiger partial charge >= 0.3 is 0 Å². The van der Waals surface area contributed by atoms with E-state index in [0.717, 1.165) is 18.5 Å². The van der Waals surface area contributed by atoms with Gasteiger partial charge in [-0.1, -0.05) is 6.07 Å². The number of fused-ring (bicyclic) bond motifs is 3. The van der Waals surface area contributed by atoms with E-state index in [2.05, 4.69) is 21.2 Å². The van der Waals surface area contributed by atoms with Crippen LogP contribution in [0.5, 0.6) is 0 Å². The Morgan fingerprint density at radius 2 is 2.29 bits per heavy atom. The summed E-state index contributed by atoms with van der Waals surface area (Å²) in [5.41, 5.74) is 4.85. The van der Waals surface area contributed by atoms with E-state index in [-0.39, 0.29) is 0 Å². The van der Waals surface area contributed by atoms with Crippen molar-refractivity contribution in [2.24, 2.45) is 0 Å². The average molecular weight is 185 g/mol. The monoisotopic (exact) mass is 185 g/mol. The van der Waals surface area contributed by atoms with Crippen LogP contribution in [0, 0.1) is 0 Å². The van der Waals surface area contributed by atoms with Gasteiger partial charge in [0.1, 0.15) is 0 Å². The topological polar surface area (TPSA) is 41.6 Å². The highest BCUT2D eigenvalue weighted by Gasteiger charge is 2.15. The summed E-state index contributed by atoms with van der Waals surface area (Å²) >= 11 is 0. The molecule has 1 aliphatic rings. The van der Waals surface area contributed by atoms with Crippen molar-refractivity contribution >= 4 is 0 Å². The Balaban J connectivity index is 2.27. The van der Waals surface area contributed by atoms with Crippen molar-refractivity contribution in [3.63, 3.8) is 0 Å². The molecule has 0 amide bonds. The first-order valence-electron chi connectivity index (χ1n) is 4.91. The zero-order valence-electron chi connectivity index (χ0n) is 7.83. The molecule has 1 N–H and O–H groups in total. The van der Waals surface area contributed by atoms with Crippen LogP contribution in [0.2, 0.25) is 0 Å². The van der Waals surface area contributed by atoms with Crippen molar-refractivity contribution in [2.75, 3.05) is 0 Å². The number of aryl methyl sites for hydroxylation is 2. The first-order chi connectivity index (χ1) is 6.95. The van der Waals surface area contributed by atoms with Gasteiger partial charge in [0.05, 0.1) is 11.9 Å². The molecule has 3 heteroatoms. The fourth-order valence-electron chi connectivity index (χ4n) is 2.05. The van der Waals surface area contributed by atoms with Gasteiger partial charge in [0, 0.05) is 17.5 Å². The largest absolute Gasteiger partial charge is 0.282 e. The van der Waals surface area contributed by atoms with Crippen LogP contribution in [0.1, 0.15) is 17.7 Å². The highest BCUT2D eigenvalue weighted by molar-refractivity contribution is 5.65. The molecule has 1 aliphatic carbocycles. The van der Waals surface area contributed by atoms with Gasteiger partial charge in [-0.3, -0.25) is 10.1 Å². The maximum absolute atomic E-state index is 4.43. The second kappa shape index (κ2) is 2.94. The van der Waals surface area contributed by atoms with Crippen LogP contribution in [0.3, 0.4) is 0 Å². The van der Waals surface area contributed by atoms with Gasteiger partial charge in [0.25, 0.3) is 0 Å². The van der Waals surface area contributed by atoms with Crippen molar-refractivity contribution in [2.45, 2.75) is 19.3 Å². The zero-order valence-corrected chi connectivity index (χ0v) is 7.83.